The van der Waals surface area contributed by atoms with Gasteiger partial charge in [0, 0.05) is 32.0 Å². The normalized spacial score (nSPS) is 15.7. The van der Waals surface area contributed by atoms with Crippen LogP contribution in [0.3, 0.4) is 0 Å². The number of hydrogen-bond acceptors (Lipinski definition) is 6. The third kappa shape index (κ3) is 6.19. The van der Waals surface area contributed by atoms with Crippen LogP contribution >= 0.6 is 0 Å². The number of aromatic nitrogens is 1. The third-order valence-corrected chi connectivity index (χ3v) is 4.95. The van der Waals surface area contributed by atoms with E-state index in [-0.39, 0.29) is 6.61 Å². The lowest BCUT2D eigenvalue weighted by molar-refractivity contribution is 0.0747. The minimum Gasteiger partial charge on any atom is -0.493 e. The van der Waals surface area contributed by atoms with Crippen molar-refractivity contribution in [2.24, 2.45) is 0 Å². The van der Waals surface area contributed by atoms with E-state index in [4.69, 9.17) is 9.47 Å². The molecule has 1 aliphatic heterocycles. The summed E-state index contributed by atoms with van der Waals surface area (Å²) in [5.41, 5.74) is 2.33. The minimum atomic E-state index is -0.493. The van der Waals surface area contributed by atoms with Gasteiger partial charge in [-0.2, -0.15) is 0 Å². The van der Waals surface area contributed by atoms with Crippen molar-refractivity contribution in [1.82, 2.24) is 14.8 Å². The van der Waals surface area contributed by atoms with E-state index in [9.17, 15) is 5.11 Å². The molecule has 2 aromatic rings. The highest BCUT2D eigenvalue weighted by atomic mass is 16.5. The molecule has 6 nitrogen and oxygen atoms in total. The first-order chi connectivity index (χ1) is 13.6. The van der Waals surface area contributed by atoms with Crippen LogP contribution in [0.5, 0.6) is 11.5 Å². The molecule has 28 heavy (non-hydrogen) atoms. The minimum absolute atomic E-state index is 0.271. The van der Waals surface area contributed by atoms with Gasteiger partial charge in [0.15, 0.2) is 11.5 Å². The first kappa shape index (κ1) is 20.6. The van der Waals surface area contributed by atoms with Crippen molar-refractivity contribution in [2.75, 3.05) is 40.4 Å². The van der Waals surface area contributed by atoms with Crippen molar-refractivity contribution in [3.63, 3.8) is 0 Å². The number of aliphatic hydroxyl groups is 1. The molecule has 0 radical (unpaired) electrons. The number of nitrogens with zero attached hydrogens (tertiary/aromatic N) is 3. The van der Waals surface area contributed by atoms with Crippen LogP contribution in [-0.2, 0) is 13.1 Å². The first-order valence-electron chi connectivity index (χ1n) is 9.91. The van der Waals surface area contributed by atoms with Crippen LogP contribution < -0.4 is 9.47 Å². The summed E-state index contributed by atoms with van der Waals surface area (Å²) in [7, 11) is 3.73. The van der Waals surface area contributed by atoms with Crippen molar-refractivity contribution >= 4 is 0 Å². The van der Waals surface area contributed by atoms with Crippen molar-refractivity contribution in [3.05, 3.63) is 53.9 Å². The monoisotopic (exact) mass is 385 g/mol. The van der Waals surface area contributed by atoms with Crippen molar-refractivity contribution in [3.8, 4) is 11.5 Å². The van der Waals surface area contributed by atoms with Gasteiger partial charge < -0.3 is 19.5 Å². The fraction of sp³-hybridized carbons (Fsp3) is 0.500. The van der Waals surface area contributed by atoms with Gasteiger partial charge in [-0.3, -0.25) is 9.88 Å². The Morgan fingerprint density at radius 2 is 1.93 bits per heavy atom. The van der Waals surface area contributed by atoms with Gasteiger partial charge in [0.05, 0.1) is 7.11 Å². The standard InChI is InChI=1S/C22H31N3O3/c1-24(15-19-6-5-9-23-13-19)14-18-7-8-21(22(12-18)27-2)28-17-20(26)16-25-10-3-4-11-25/h5-9,12-13,20,26H,3-4,10-11,14-17H2,1-2H3. The van der Waals surface area contributed by atoms with E-state index in [1.807, 2.05) is 30.5 Å². The SMILES string of the molecule is COc1cc(CN(C)Cc2cccnc2)ccc1OCC(O)CN1CCCC1. The smallest absolute Gasteiger partial charge is 0.161 e. The third-order valence-electron chi connectivity index (χ3n) is 4.95. The maximum atomic E-state index is 10.2. The molecule has 1 aromatic heterocycles. The number of rotatable bonds is 10. The molecule has 1 N–H and O–H groups in total. The predicted molar refractivity (Wildman–Crippen MR) is 110 cm³/mol. The number of aliphatic hydroxyl groups excluding tert-OH is 1. The predicted octanol–water partition coefficient (Wildman–Crippen LogP) is 2.56. The molecule has 0 spiro atoms. The number of likely N-dealkylation sites (tertiary alicyclic amines) is 1. The van der Waals surface area contributed by atoms with E-state index >= 15 is 0 Å². The average molecular weight is 386 g/mol. The summed E-state index contributed by atoms with van der Waals surface area (Å²) in [5, 5.41) is 10.2. The molecule has 6 heteroatoms. The van der Waals surface area contributed by atoms with Crippen LogP contribution in [0, 0.1) is 0 Å². The van der Waals surface area contributed by atoms with Gasteiger partial charge in [0.2, 0.25) is 0 Å². The Kier molecular flexibility index (Phi) is 7.65. The molecular formula is C22H31N3O3. The largest absolute Gasteiger partial charge is 0.493 e. The molecule has 2 heterocycles. The molecule has 1 unspecified atom stereocenters. The highest BCUT2D eigenvalue weighted by Gasteiger charge is 2.17. The summed E-state index contributed by atoms with van der Waals surface area (Å²) in [6, 6.07) is 10.0. The average Bonchev–Trinajstić information content (AvgIpc) is 3.20. The summed E-state index contributed by atoms with van der Waals surface area (Å²) in [5.74, 6) is 1.36. The van der Waals surface area contributed by atoms with Crippen LogP contribution in [0.1, 0.15) is 24.0 Å². The first-order valence-corrected chi connectivity index (χ1v) is 9.91. The van der Waals surface area contributed by atoms with Crippen LogP contribution in [0.15, 0.2) is 42.7 Å². The Bertz CT molecular complexity index is 720. The van der Waals surface area contributed by atoms with Crippen LogP contribution in [0.4, 0.5) is 0 Å². The molecule has 0 amide bonds. The summed E-state index contributed by atoms with van der Waals surface area (Å²) < 4.78 is 11.3. The molecule has 1 saturated heterocycles. The summed E-state index contributed by atoms with van der Waals surface area (Å²) in [6.07, 6.45) is 5.63. The lowest BCUT2D eigenvalue weighted by atomic mass is 10.1. The van der Waals surface area contributed by atoms with Crippen LogP contribution in [0.2, 0.25) is 0 Å². The van der Waals surface area contributed by atoms with Gasteiger partial charge in [0.1, 0.15) is 12.7 Å². The second-order valence-corrected chi connectivity index (χ2v) is 7.49. The number of β-amino-alcohol motifs (C(OH)–C–C–N with tert-alkyl or cyclic N) is 1. The number of methoxy groups -OCH3 is 1. The Labute approximate surface area is 167 Å². The van der Waals surface area contributed by atoms with E-state index in [0.29, 0.717) is 18.0 Å². The highest BCUT2D eigenvalue weighted by Crippen LogP contribution is 2.29. The van der Waals surface area contributed by atoms with E-state index in [1.54, 1.807) is 13.3 Å². The molecule has 1 aromatic carbocycles. The zero-order chi connectivity index (χ0) is 19.8. The van der Waals surface area contributed by atoms with Crippen molar-refractivity contribution in [1.29, 1.82) is 0 Å². The fourth-order valence-electron chi connectivity index (χ4n) is 3.60. The van der Waals surface area contributed by atoms with Crippen LogP contribution in [0.25, 0.3) is 0 Å². The highest BCUT2D eigenvalue weighted by molar-refractivity contribution is 5.43. The molecule has 1 fully saturated rings. The zero-order valence-corrected chi connectivity index (χ0v) is 16.9. The molecular weight excluding hydrogens is 354 g/mol. The number of hydrogen-bond donors (Lipinski definition) is 1. The van der Waals surface area contributed by atoms with Gasteiger partial charge in [-0.1, -0.05) is 12.1 Å². The van der Waals surface area contributed by atoms with Crippen molar-refractivity contribution in [2.45, 2.75) is 32.0 Å². The van der Waals surface area contributed by atoms with E-state index < -0.39 is 6.10 Å². The lowest BCUT2D eigenvalue weighted by Crippen LogP contribution is -2.33. The summed E-state index contributed by atoms with van der Waals surface area (Å²) >= 11 is 0. The molecule has 0 saturated carbocycles. The van der Waals surface area contributed by atoms with E-state index in [1.165, 1.54) is 18.4 Å². The Morgan fingerprint density at radius 1 is 1.14 bits per heavy atom. The number of pyridine rings is 1. The van der Waals surface area contributed by atoms with Crippen LogP contribution in [-0.4, -0.2) is 66.4 Å². The van der Waals surface area contributed by atoms with E-state index in [2.05, 4.69) is 27.9 Å². The fourth-order valence-corrected chi connectivity index (χ4v) is 3.60. The summed E-state index contributed by atoms with van der Waals surface area (Å²) in [4.78, 5) is 8.68. The molecule has 1 atom stereocenters. The molecule has 1 aliphatic rings. The van der Waals surface area contributed by atoms with E-state index in [0.717, 1.165) is 31.7 Å². The van der Waals surface area contributed by atoms with Gasteiger partial charge >= 0.3 is 0 Å². The second-order valence-electron chi connectivity index (χ2n) is 7.49. The molecule has 0 bridgehead atoms. The quantitative estimate of drug-likeness (QED) is 0.678. The van der Waals surface area contributed by atoms with Crippen molar-refractivity contribution < 1.29 is 14.6 Å². The maximum Gasteiger partial charge on any atom is 0.161 e. The maximum absolute atomic E-state index is 10.2. The zero-order valence-electron chi connectivity index (χ0n) is 16.9. The topological polar surface area (TPSA) is 58.1 Å². The summed E-state index contributed by atoms with van der Waals surface area (Å²) in [6.45, 7) is 4.70. The number of ether oxygens (including phenoxy) is 2. The Hall–Kier alpha value is -2.15. The van der Waals surface area contributed by atoms with Gasteiger partial charge in [-0.15, -0.1) is 0 Å². The Morgan fingerprint density at radius 3 is 2.64 bits per heavy atom. The second kappa shape index (κ2) is 10.4. The molecule has 3 rings (SSSR count). The number of benzene rings is 1. The Balaban J connectivity index is 1.52. The van der Waals surface area contributed by atoms with Gasteiger partial charge in [-0.25, -0.2) is 0 Å². The molecule has 152 valence electrons. The molecule has 0 aliphatic carbocycles. The van der Waals surface area contributed by atoms with Gasteiger partial charge in [-0.05, 0) is 62.3 Å². The van der Waals surface area contributed by atoms with Gasteiger partial charge in [0.25, 0.3) is 0 Å². The lowest BCUT2D eigenvalue weighted by Gasteiger charge is -2.21.